The number of morpholine rings is 1. The zero-order chi connectivity index (χ0) is 10.8. The van der Waals surface area contributed by atoms with Gasteiger partial charge in [0, 0.05) is 12.1 Å². The second-order valence-corrected chi connectivity index (χ2v) is 4.10. The molecule has 5 heteroatoms. The second kappa shape index (κ2) is 4.28. The molecule has 0 radical (unpaired) electrons. The third-order valence-corrected chi connectivity index (χ3v) is 2.84. The highest BCUT2D eigenvalue weighted by Crippen LogP contribution is 2.26. The lowest BCUT2D eigenvalue weighted by Gasteiger charge is -2.23. The number of amides is 1. The molecule has 1 saturated heterocycles. The Morgan fingerprint density at radius 3 is 3.00 bits per heavy atom. The van der Waals surface area contributed by atoms with E-state index in [1.807, 2.05) is 0 Å². The van der Waals surface area contributed by atoms with Crippen molar-refractivity contribution in [2.75, 3.05) is 13.2 Å². The lowest BCUT2D eigenvalue weighted by molar-refractivity contribution is -0.133. The monoisotopic (exact) mass is 273 g/mol. The van der Waals surface area contributed by atoms with Crippen LogP contribution < -0.4 is 5.32 Å². The van der Waals surface area contributed by atoms with Gasteiger partial charge in [-0.05, 0) is 22.0 Å². The molecular weight excluding hydrogens is 265 g/mol. The standard InChI is InChI=1S/C10H9BrFNO2/c11-7-3-1-2-6(10(7)12)8-4-13-9(14)5-15-8/h1-3,8H,4-5H2,(H,13,14)/t8-/m1/s1. The van der Waals surface area contributed by atoms with Crippen LogP contribution in [0.5, 0.6) is 0 Å². The van der Waals surface area contributed by atoms with Gasteiger partial charge in [-0.3, -0.25) is 4.79 Å². The van der Waals surface area contributed by atoms with Crippen molar-refractivity contribution < 1.29 is 13.9 Å². The molecule has 0 unspecified atom stereocenters. The zero-order valence-electron chi connectivity index (χ0n) is 7.80. The van der Waals surface area contributed by atoms with Crippen molar-refractivity contribution in [3.05, 3.63) is 34.1 Å². The van der Waals surface area contributed by atoms with Crippen molar-refractivity contribution in [1.82, 2.24) is 5.32 Å². The van der Waals surface area contributed by atoms with Crippen LogP contribution in [0.25, 0.3) is 0 Å². The Balaban J connectivity index is 2.22. The predicted molar refractivity (Wildman–Crippen MR) is 55.8 cm³/mol. The summed E-state index contributed by atoms with van der Waals surface area (Å²) >= 11 is 3.11. The largest absolute Gasteiger partial charge is 0.362 e. The fraction of sp³-hybridized carbons (Fsp3) is 0.300. The highest BCUT2D eigenvalue weighted by Gasteiger charge is 2.23. The predicted octanol–water partition coefficient (Wildman–Crippen LogP) is 1.78. The first kappa shape index (κ1) is 10.6. The molecule has 1 aliphatic rings. The summed E-state index contributed by atoms with van der Waals surface area (Å²) in [5.41, 5.74) is 0.462. The van der Waals surface area contributed by atoms with Gasteiger partial charge in [0.1, 0.15) is 18.5 Å². The molecule has 0 aliphatic carbocycles. The van der Waals surface area contributed by atoms with E-state index in [1.165, 1.54) is 0 Å². The highest BCUT2D eigenvalue weighted by molar-refractivity contribution is 9.10. The van der Waals surface area contributed by atoms with Crippen molar-refractivity contribution in [1.29, 1.82) is 0 Å². The van der Waals surface area contributed by atoms with E-state index in [4.69, 9.17) is 4.74 Å². The van der Waals surface area contributed by atoms with E-state index >= 15 is 0 Å². The Kier molecular flexibility index (Phi) is 3.02. The summed E-state index contributed by atoms with van der Waals surface area (Å²) in [6.45, 7) is 0.294. The van der Waals surface area contributed by atoms with Gasteiger partial charge in [-0.25, -0.2) is 4.39 Å². The number of benzene rings is 1. The van der Waals surface area contributed by atoms with E-state index in [-0.39, 0.29) is 18.3 Å². The molecule has 1 amide bonds. The van der Waals surface area contributed by atoms with Crippen LogP contribution in [-0.4, -0.2) is 19.1 Å². The Labute approximate surface area is 94.7 Å². The summed E-state index contributed by atoms with van der Waals surface area (Å²) < 4.78 is 19.3. The number of hydrogen-bond acceptors (Lipinski definition) is 2. The number of ether oxygens (including phenoxy) is 1. The zero-order valence-corrected chi connectivity index (χ0v) is 9.38. The van der Waals surface area contributed by atoms with Crippen LogP contribution in [0.15, 0.2) is 22.7 Å². The van der Waals surface area contributed by atoms with Crippen LogP contribution in [0.4, 0.5) is 4.39 Å². The Hall–Kier alpha value is -0.940. The molecule has 1 aromatic carbocycles. The molecule has 1 atom stereocenters. The summed E-state index contributed by atoms with van der Waals surface area (Å²) in [4.78, 5) is 10.9. The molecule has 0 spiro atoms. The van der Waals surface area contributed by atoms with Gasteiger partial charge < -0.3 is 10.1 Å². The average molecular weight is 274 g/mol. The SMILES string of the molecule is O=C1CO[C@@H](c2cccc(Br)c2F)CN1. The number of halogens is 2. The third-order valence-electron chi connectivity index (χ3n) is 2.23. The lowest BCUT2D eigenvalue weighted by Crippen LogP contribution is -2.38. The van der Waals surface area contributed by atoms with Gasteiger partial charge in [-0.2, -0.15) is 0 Å². The number of nitrogens with one attached hydrogen (secondary N) is 1. The van der Waals surface area contributed by atoms with E-state index in [1.54, 1.807) is 18.2 Å². The van der Waals surface area contributed by atoms with Crippen LogP contribution in [0.1, 0.15) is 11.7 Å². The number of rotatable bonds is 1. The average Bonchev–Trinajstić information content (AvgIpc) is 2.24. The Morgan fingerprint density at radius 1 is 1.53 bits per heavy atom. The van der Waals surface area contributed by atoms with Crippen LogP contribution in [0.3, 0.4) is 0 Å². The van der Waals surface area contributed by atoms with Gasteiger partial charge in [0.15, 0.2) is 0 Å². The minimum absolute atomic E-state index is 0.0172. The Morgan fingerprint density at radius 2 is 2.33 bits per heavy atom. The topological polar surface area (TPSA) is 38.3 Å². The van der Waals surface area contributed by atoms with Crippen molar-refractivity contribution in [2.45, 2.75) is 6.10 Å². The maximum atomic E-state index is 13.6. The fourth-order valence-corrected chi connectivity index (χ4v) is 1.84. The molecule has 1 aromatic rings. The fourth-order valence-electron chi connectivity index (χ4n) is 1.46. The molecule has 3 nitrogen and oxygen atoms in total. The number of carbonyl (C=O) groups excluding carboxylic acids is 1. The molecule has 1 fully saturated rings. The van der Waals surface area contributed by atoms with Crippen LogP contribution in [0, 0.1) is 5.82 Å². The van der Waals surface area contributed by atoms with Gasteiger partial charge in [0.25, 0.3) is 0 Å². The van der Waals surface area contributed by atoms with E-state index in [2.05, 4.69) is 21.2 Å². The summed E-state index contributed by atoms with van der Waals surface area (Å²) in [6.07, 6.45) is -0.403. The van der Waals surface area contributed by atoms with Gasteiger partial charge in [0.2, 0.25) is 5.91 Å². The molecule has 15 heavy (non-hydrogen) atoms. The van der Waals surface area contributed by atoms with E-state index in [0.717, 1.165) is 0 Å². The number of hydrogen-bond donors (Lipinski definition) is 1. The quantitative estimate of drug-likeness (QED) is 0.847. The minimum Gasteiger partial charge on any atom is -0.362 e. The van der Waals surface area contributed by atoms with Crippen LogP contribution >= 0.6 is 15.9 Å². The molecule has 2 rings (SSSR count). The minimum atomic E-state index is -0.403. The van der Waals surface area contributed by atoms with Crippen molar-refractivity contribution in [3.63, 3.8) is 0 Å². The first-order valence-electron chi connectivity index (χ1n) is 4.50. The van der Waals surface area contributed by atoms with Crippen molar-refractivity contribution in [2.24, 2.45) is 0 Å². The molecule has 0 bridgehead atoms. The molecular formula is C10H9BrFNO2. The number of carbonyl (C=O) groups is 1. The third kappa shape index (κ3) is 2.18. The normalized spacial score (nSPS) is 21.2. The van der Waals surface area contributed by atoms with E-state index in [0.29, 0.717) is 16.6 Å². The summed E-state index contributed by atoms with van der Waals surface area (Å²) in [5, 5.41) is 2.63. The smallest absolute Gasteiger partial charge is 0.246 e. The molecule has 1 aliphatic heterocycles. The molecule has 1 N–H and O–H groups in total. The van der Waals surface area contributed by atoms with E-state index < -0.39 is 6.10 Å². The van der Waals surface area contributed by atoms with Gasteiger partial charge in [0.05, 0.1) is 4.47 Å². The van der Waals surface area contributed by atoms with Crippen molar-refractivity contribution in [3.8, 4) is 0 Å². The molecule has 0 saturated carbocycles. The molecule has 0 aromatic heterocycles. The van der Waals surface area contributed by atoms with Gasteiger partial charge in [-0.15, -0.1) is 0 Å². The van der Waals surface area contributed by atoms with Crippen LogP contribution in [-0.2, 0) is 9.53 Å². The van der Waals surface area contributed by atoms with Gasteiger partial charge in [-0.1, -0.05) is 12.1 Å². The van der Waals surface area contributed by atoms with E-state index in [9.17, 15) is 9.18 Å². The molecule has 80 valence electrons. The lowest BCUT2D eigenvalue weighted by atomic mass is 10.1. The summed E-state index contributed by atoms with van der Waals surface area (Å²) in [7, 11) is 0. The highest BCUT2D eigenvalue weighted by atomic mass is 79.9. The second-order valence-electron chi connectivity index (χ2n) is 3.25. The first-order valence-corrected chi connectivity index (χ1v) is 5.30. The van der Waals surface area contributed by atoms with Crippen LogP contribution in [0.2, 0.25) is 0 Å². The maximum absolute atomic E-state index is 13.6. The molecule has 1 heterocycles. The Bertz CT molecular complexity index is 387. The summed E-state index contributed by atoms with van der Waals surface area (Å²) in [6, 6.07) is 5.02. The van der Waals surface area contributed by atoms with Crippen molar-refractivity contribution >= 4 is 21.8 Å². The first-order chi connectivity index (χ1) is 7.18. The van der Waals surface area contributed by atoms with Gasteiger partial charge >= 0.3 is 0 Å². The summed E-state index contributed by atoms with van der Waals surface area (Å²) in [5.74, 6) is -0.500. The maximum Gasteiger partial charge on any atom is 0.246 e.